The van der Waals surface area contributed by atoms with Crippen molar-refractivity contribution in [1.29, 1.82) is 0 Å². The van der Waals surface area contributed by atoms with Crippen LogP contribution < -0.4 is 10.2 Å². The van der Waals surface area contributed by atoms with E-state index in [0.717, 1.165) is 11.3 Å². The number of rotatable bonds is 6. The number of hydrogen-bond donors (Lipinski definition) is 2. The Kier molecular flexibility index (Phi) is 5.44. The van der Waals surface area contributed by atoms with Crippen LogP contribution >= 0.6 is 0 Å². The van der Waals surface area contributed by atoms with Gasteiger partial charge in [0.15, 0.2) is 22.9 Å². The van der Waals surface area contributed by atoms with Crippen LogP contribution in [0.15, 0.2) is 52.0 Å². The molecule has 2 N–H and O–H groups in total. The zero-order chi connectivity index (χ0) is 22.0. The molecule has 1 aromatic carbocycles. The molecular formula is C23H22N4O4. The topological polar surface area (TPSA) is 100 Å². The van der Waals surface area contributed by atoms with Crippen molar-refractivity contribution in [2.45, 2.75) is 6.92 Å². The lowest BCUT2D eigenvalue weighted by atomic mass is 10.1. The van der Waals surface area contributed by atoms with Gasteiger partial charge in [0.1, 0.15) is 0 Å². The van der Waals surface area contributed by atoms with Crippen LogP contribution in [0.5, 0.6) is 5.75 Å². The molecular weight excluding hydrogens is 396 g/mol. The number of furan rings is 1. The molecule has 1 aliphatic rings. The molecule has 0 unspecified atom stereocenters. The zero-order valence-electron chi connectivity index (χ0n) is 17.4. The third kappa shape index (κ3) is 4.00. The van der Waals surface area contributed by atoms with E-state index >= 15 is 0 Å². The van der Waals surface area contributed by atoms with Crippen LogP contribution in [0.1, 0.15) is 28.6 Å². The number of aromatic nitrogens is 1. The van der Waals surface area contributed by atoms with Crippen molar-refractivity contribution in [3.63, 3.8) is 0 Å². The van der Waals surface area contributed by atoms with Crippen molar-refractivity contribution in [1.82, 2.24) is 4.98 Å². The van der Waals surface area contributed by atoms with Gasteiger partial charge >= 0.3 is 5.97 Å². The Labute approximate surface area is 179 Å². The van der Waals surface area contributed by atoms with Crippen LogP contribution in [0, 0.1) is 0 Å². The number of pyridine rings is 1. The molecule has 8 nitrogen and oxygen atoms in total. The molecule has 3 heterocycles. The standard InChI is InChI=1S/C23H22N4O4/c1-4-30-23(29)19-20(28)18(12-14-13-25-21-17(14)6-5-11-24-21)31-22(19)26-15-7-9-16(10-8-15)27(2)3/h5-13,26,28H,4H2,1-3H3/b14-12+. The number of anilines is 3. The summed E-state index contributed by atoms with van der Waals surface area (Å²) < 4.78 is 11.0. The Morgan fingerprint density at radius 2 is 2.03 bits per heavy atom. The van der Waals surface area contributed by atoms with Gasteiger partial charge in [0, 0.05) is 49.0 Å². The van der Waals surface area contributed by atoms with Gasteiger partial charge in [-0.25, -0.2) is 14.8 Å². The van der Waals surface area contributed by atoms with Crippen LogP contribution in [0.25, 0.3) is 11.6 Å². The van der Waals surface area contributed by atoms with Gasteiger partial charge in [-0.05, 0) is 49.4 Å². The van der Waals surface area contributed by atoms with Gasteiger partial charge in [-0.3, -0.25) is 0 Å². The number of aliphatic imine (C=N–C) groups is 1. The maximum Gasteiger partial charge on any atom is 0.347 e. The summed E-state index contributed by atoms with van der Waals surface area (Å²) in [6.07, 6.45) is 4.91. The first-order chi connectivity index (χ1) is 15.0. The average Bonchev–Trinajstić information content (AvgIpc) is 3.30. The molecule has 2 aromatic heterocycles. The van der Waals surface area contributed by atoms with E-state index in [1.807, 2.05) is 49.3 Å². The van der Waals surface area contributed by atoms with Gasteiger partial charge in [0.2, 0.25) is 5.88 Å². The number of aromatic hydroxyl groups is 1. The van der Waals surface area contributed by atoms with Gasteiger partial charge in [-0.15, -0.1) is 0 Å². The molecule has 0 fully saturated rings. The molecule has 1 aliphatic heterocycles. The monoisotopic (exact) mass is 418 g/mol. The van der Waals surface area contributed by atoms with Gasteiger partial charge < -0.3 is 24.5 Å². The van der Waals surface area contributed by atoms with Crippen LogP contribution in [0.3, 0.4) is 0 Å². The number of fused-ring (bicyclic) bond motifs is 1. The summed E-state index contributed by atoms with van der Waals surface area (Å²) in [5, 5.41) is 13.8. The number of esters is 1. The van der Waals surface area contributed by atoms with Crippen LogP contribution in [0.2, 0.25) is 0 Å². The van der Waals surface area contributed by atoms with Gasteiger partial charge in [-0.2, -0.15) is 0 Å². The molecule has 0 spiro atoms. The highest BCUT2D eigenvalue weighted by Gasteiger charge is 2.27. The van der Waals surface area contributed by atoms with E-state index in [4.69, 9.17) is 9.15 Å². The SMILES string of the molecule is CCOC(=O)c1c(Nc2ccc(N(C)C)cc2)oc(/C=C2\C=Nc3ncccc32)c1O. The molecule has 0 bridgehead atoms. The lowest BCUT2D eigenvalue weighted by Gasteiger charge is -2.13. The fourth-order valence-corrected chi connectivity index (χ4v) is 3.17. The molecule has 3 aromatic rings. The second-order valence-corrected chi connectivity index (χ2v) is 7.04. The van der Waals surface area contributed by atoms with E-state index < -0.39 is 5.97 Å². The van der Waals surface area contributed by atoms with Crippen molar-refractivity contribution in [2.75, 3.05) is 30.9 Å². The fourth-order valence-electron chi connectivity index (χ4n) is 3.17. The van der Waals surface area contributed by atoms with E-state index in [-0.39, 0.29) is 29.6 Å². The second kappa shape index (κ2) is 8.35. The van der Waals surface area contributed by atoms with Gasteiger partial charge in [0.05, 0.1) is 6.61 Å². The molecule has 4 rings (SSSR count). The maximum absolute atomic E-state index is 12.5. The number of nitrogens with one attached hydrogen (secondary N) is 1. The molecule has 0 radical (unpaired) electrons. The van der Waals surface area contributed by atoms with E-state index in [1.165, 1.54) is 0 Å². The van der Waals surface area contributed by atoms with Crippen molar-refractivity contribution >= 4 is 46.9 Å². The molecule has 0 saturated carbocycles. The average molecular weight is 418 g/mol. The number of hydrogen-bond acceptors (Lipinski definition) is 8. The Morgan fingerprint density at radius 1 is 1.26 bits per heavy atom. The Bertz CT molecular complexity index is 1180. The minimum absolute atomic E-state index is 0.0632. The Hall–Kier alpha value is -4.07. The van der Waals surface area contributed by atoms with Gasteiger partial charge in [-0.1, -0.05) is 0 Å². The van der Waals surface area contributed by atoms with E-state index in [2.05, 4.69) is 15.3 Å². The van der Waals surface area contributed by atoms with Crippen molar-refractivity contribution in [3.8, 4) is 5.75 Å². The highest BCUT2D eigenvalue weighted by Crippen LogP contribution is 2.39. The molecule has 0 amide bonds. The summed E-state index contributed by atoms with van der Waals surface area (Å²) >= 11 is 0. The predicted molar refractivity (Wildman–Crippen MR) is 121 cm³/mol. The summed E-state index contributed by atoms with van der Waals surface area (Å²) in [6, 6.07) is 11.2. The Balaban J connectivity index is 1.72. The molecule has 8 heteroatoms. The minimum Gasteiger partial charge on any atom is -0.504 e. The number of carbonyl (C=O) groups excluding carboxylic acids is 1. The number of carbonyl (C=O) groups is 1. The third-order valence-corrected chi connectivity index (χ3v) is 4.74. The van der Waals surface area contributed by atoms with E-state index in [0.29, 0.717) is 17.1 Å². The molecule has 31 heavy (non-hydrogen) atoms. The van der Waals surface area contributed by atoms with Crippen LogP contribution in [0.4, 0.5) is 23.1 Å². The Morgan fingerprint density at radius 3 is 2.74 bits per heavy atom. The fraction of sp³-hybridized carbons (Fsp3) is 0.174. The minimum atomic E-state index is -0.678. The number of ether oxygens (including phenoxy) is 1. The number of nitrogens with zero attached hydrogens (tertiary/aromatic N) is 3. The number of allylic oxidation sites excluding steroid dienone is 1. The third-order valence-electron chi connectivity index (χ3n) is 4.74. The lowest BCUT2D eigenvalue weighted by Crippen LogP contribution is -2.08. The summed E-state index contributed by atoms with van der Waals surface area (Å²) in [6.45, 7) is 1.87. The van der Waals surface area contributed by atoms with Gasteiger partial charge in [0.25, 0.3) is 0 Å². The highest BCUT2D eigenvalue weighted by atomic mass is 16.5. The van der Waals surface area contributed by atoms with E-state index in [9.17, 15) is 9.90 Å². The summed E-state index contributed by atoms with van der Waals surface area (Å²) in [7, 11) is 3.90. The smallest absolute Gasteiger partial charge is 0.347 e. The van der Waals surface area contributed by atoms with Crippen LogP contribution in [-0.2, 0) is 4.74 Å². The van der Waals surface area contributed by atoms with E-state index in [1.54, 1.807) is 31.5 Å². The maximum atomic E-state index is 12.5. The summed E-state index contributed by atoms with van der Waals surface area (Å²) in [5.41, 5.74) is 3.18. The van der Waals surface area contributed by atoms with Crippen molar-refractivity contribution in [2.24, 2.45) is 4.99 Å². The molecule has 0 aliphatic carbocycles. The van der Waals surface area contributed by atoms with Crippen molar-refractivity contribution in [3.05, 3.63) is 59.5 Å². The first-order valence-corrected chi connectivity index (χ1v) is 9.76. The summed E-state index contributed by atoms with van der Waals surface area (Å²) in [5.74, 6) is -0.174. The first-order valence-electron chi connectivity index (χ1n) is 9.76. The number of benzene rings is 1. The zero-order valence-corrected chi connectivity index (χ0v) is 17.4. The summed E-state index contributed by atoms with van der Waals surface area (Å²) in [4.78, 5) is 23.0. The lowest BCUT2D eigenvalue weighted by molar-refractivity contribution is 0.0524. The van der Waals surface area contributed by atoms with Crippen molar-refractivity contribution < 1.29 is 19.1 Å². The normalized spacial score (nSPS) is 13.3. The first kappa shape index (κ1) is 20.2. The predicted octanol–water partition coefficient (Wildman–Crippen LogP) is 4.62. The second-order valence-electron chi connectivity index (χ2n) is 7.04. The van der Waals surface area contributed by atoms with Crippen LogP contribution in [-0.4, -0.2) is 43.0 Å². The molecule has 0 saturated heterocycles. The molecule has 0 atom stereocenters. The quantitative estimate of drug-likeness (QED) is 0.563. The highest BCUT2D eigenvalue weighted by molar-refractivity contribution is 6.21. The largest absolute Gasteiger partial charge is 0.504 e. The molecule has 158 valence electrons.